The van der Waals surface area contributed by atoms with E-state index >= 15 is 0 Å². The van der Waals surface area contributed by atoms with Gasteiger partial charge in [-0.1, -0.05) is 30.3 Å². The van der Waals surface area contributed by atoms with Gasteiger partial charge in [0.05, 0.1) is 25.4 Å². The Balaban J connectivity index is 1.62. The number of aromatic nitrogens is 1. The van der Waals surface area contributed by atoms with Crippen LogP contribution in [0.3, 0.4) is 0 Å². The molecule has 5 heteroatoms. The number of nitrogens with zero attached hydrogens (tertiary/aromatic N) is 1. The molecule has 0 spiro atoms. The Morgan fingerprint density at radius 2 is 1.72 bits per heavy atom. The van der Waals surface area contributed by atoms with Crippen LogP contribution in [0, 0.1) is 0 Å². The number of methoxy groups -OCH3 is 2. The number of anilines is 1. The third kappa shape index (κ3) is 3.89. The highest BCUT2D eigenvalue weighted by Gasteiger charge is 2.12. The van der Waals surface area contributed by atoms with Crippen molar-refractivity contribution in [3.8, 4) is 22.6 Å². The largest absolute Gasteiger partial charge is 0.497 e. The molecule has 0 unspecified atom stereocenters. The van der Waals surface area contributed by atoms with Crippen molar-refractivity contribution in [1.29, 1.82) is 0 Å². The van der Waals surface area contributed by atoms with Gasteiger partial charge in [-0.25, -0.2) is 0 Å². The Hall–Kier alpha value is -3.86. The van der Waals surface area contributed by atoms with Gasteiger partial charge in [-0.15, -0.1) is 0 Å². The monoisotopic (exact) mass is 384 g/mol. The molecule has 5 nitrogen and oxygen atoms in total. The third-order valence-electron chi connectivity index (χ3n) is 4.71. The highest BCUT2D eigenvalue weighted by atomic mass is 16.5. The van der Waals surface area contributed by atoms with Gasteiger partial charge in [0.15, 0.2) is 0 Å². The first kappa shape index (κ1) is 18.5. The van der Waals surface area contributed by atoms with Gasteiger partial charge in [-0.2, -0.15) is 0 Å². The van der Waals surface area contributed by atoms with E-state index in [-0.39, 0.29) is 5.91 Å². The molecular formula is C24H20N2O3. The number of pyridine rings is 1. The maximum Gasteiger partial charge on any atom is 0.255 e. The first-order valence-electron chi connectivity index (χ1n) is 9.16. The molecule has 0 radical (unpaired) electrons. The summed E-state index contributed by atoms with van der Waals surface area (Å²) in [6.07, 6.45) is 1.83. The number of hydrogen-bond donors (Lipinski definition) is 1. The molecule has 0 saturated heterocycles. The number of hydrogen-bond acceptors (Lipinski definition) is 4. The van der Waals surface area contributed by atoms with Gasteiger partial charge < -0.3 is 14.8 Å². The molecule has 4 rings (SSSR count). The zero-order valence-corrected chi connectivity index (χ0v) is 16.2. The van der Waals surface area contributed by atoms with Crippen LogP contribution in [0.1, 0.15) is 10.4 Å². The van der Waals surface area contributed by atoms with Gasteiger partial charge in [0, 0.05) is 28.8 Å². The lowest BCUT2D eigenvalue weighted by atomic mass is 10.0. The average molecular weight is 384 g/mol. The van der Waals surface area contributed by atoms with Crippen molar-refractivity contribution in [2.75, 3.05) is 19.5 Å². The fraction of sp³-hybridized carbons (Fsp3) is 0.0833. The Kier molecular flexibility index (Phi) is 5.12. The Labute approximate surface area is 168 Å². The molecule has 0 saturated carbocycles. The fourth-order valence-corrected chi connectivity index (χ4v) is 3.17. The quantitative estimate of drug-likeness (QED) is 0.516. The van der Waals surface area contributed by atoms with Crippen LogP contribution in [0.15, 0.2) is 79.0 Å². The van der Waals surface area contributed by atoms with Crippen molar-refractivity contribution in [2.24, 2.45) is 0 Å². The Bertz CT molecular complexity index is 1190. The van der Waals surface area contributed by atoms with Crippen molar-refractivity contribution < 1.29 is 14.3 Å². The topological polar surface area (TPSA) is 60.5 Å². The molecule has 0 aliphatic carbocycles. The zero-order chi connectivity index (χ0) is 20.2. The molecule has 1 amide bonds. The highest BCUT2D eigenvalue weighted by molar-refractivity contribution is 6.05. The van der Waals surface area contributed by atoms with E-state index in [1.165, 1.54) is 0 Å². The minimum absolute atomic E-state index is 0.218. The number of rotatable bonds is 5. The standard InChI is InChI=1S/C24H20N2O3/c1-28-20-10-11-22(23(14-20)29-2)26-24(27)18-8-5-7-16(12-18)19-13-17-6-3-4-9-21(17)25-15-19/h3-15H,1-2H3,(H,26,27). The van der Waals surface area contributed by atoms with Crippen molar-refractivity contribution in [3.63, 3.8) is 0 Å². The van der Waals surface area contributed by atoms with Gasteiger partial charge in [0.25, 0.3) is 5.91 Å². The first-order chi connectivity index (χ1) is 14.2. The molecule has 0 aliphatic heterocycles. The van der Waals surface area contributed by atoms with E-state index in [1.807, 2.05) is 48.7 Å². The molecule has 3 aromatic carbocycles. The van der Waals surface area contributed by atoms with Crippen LogP contribution in [-0.2, 0) is 0 Å². The summed E-state index contributed by atoms with van der Waals surface area (Å²) in [5.74, 6) is 0.974. The van der Waals surface area contributed by atoms with E-state index in [0.29, 0.717) is 22.7 Å². The average Bonchev–Trinajstić information content (AvgIpc) is 2.79. The van der Waals surface area contributed by atoms with Crippen LogP contribution >= 0.6 is 0 Å². The molecule has 144 valence electrons. The van der Waals surface area contributed by atoms with Gasteiger partial charge in [-0.3, -0.25) is 9.78 Å². The molecule has 0 fully saturated rings. The number of benzene rings is 3. The smallest absolute Gasteiger partial charge is 0.255 e. The molecule has 0 bridgehead atoms. The SMILES string of the molecule is COc1ccc(NC(=O)c2cccc(-c3cnc4ccccc4c3)c2)c(OC)c1. The lowest BCUT2D eigenvalue weighted by molar-refractivity contribution is 0.102. The number of nitrogens with one attached hydrogen (secondary N) is 1. The van der Waals surface area contributed by atoms with Crippen LogP contribution < -0.4 is 14.8 Å². The molecule has 29 heavy (non-hydrogen) atoms. The predicted molar refractivity (Wildman–Crippen MR) is 115 cm³/mol. The second-order valence-corrected chi connectivity index (χ2v) is 6.52. The van der Waals surface area contributed by atoms with Gasteiger partial charge >= 0.3 is 0 Å². The molecule has 1 heterocycles. The summed E-state index contributed by atoms with van der Waals surface area (Å²) in [7, 11) is 3.14. The number of carbonyl (C=O) groups excluding carboxylic acids is 1. The normalized spacial score (nSPS) is 10.6. The van der Waals surface area contributed by atoms with E-state index in [1.54, 1.807) is 38.5 Å². The maximum atomic E-state index is 12.8. The van der Waals surface area contributed by atoms with Crippen LogP contribution in [0.4, 0.5) is 5.69 Å². The van der Waals surface area contributed by atoms with E-state index in [4.69, 9.17) is 9.47 Å². The van der Waals surface area contributed by atoms with Gasteiger partial charge in [0.1, 0.15) is 11.5 Å². The second kappa shape index (κ2) is 8.02. The zero-order valence-electron chi connectivity index (χ0n) is 16.2. The summed E-state index contributed by atoms with van der Waals surface area (Å²) in [6.45, 7) is 0. The summed E-state index contributed by atoms with van der Waals surface area (Å²) in [4.78, 5) is 17.3. The summed E-state index contributed by atoms with van der Waals surface area (Å²) < 4.78 is 10.6. The van der Waals surface area contributed by atoms with Gasteiger partial charge in [-0.05, 0) is 42.0 Å². The molecule has 1 N–H and O–H groups in total. The molecule has 4 aromatic rings. The van der Waals surface area contributed by atoms with Crippen LogP contribution in [-0.4, -0.2) is 25.1 Å². The summed E-state index contributed by atoms with van der Waals surface area (Å²) >= 11 is 0. The van der Waals surface area contributed by atoms with Crippen molar-refractivity contribution in [3.05, 3.63) is 84.6 Å². The number of carbonyl (C=O) groups is 1. The second-order valence-electron chi connectivity index (χ2n) is 6.52. The maximum absolute atomic E-state index is 12.8. The van der Waals surface area contributed by atoms with Crippen LogP contribution in [0.5, 0.6) is 11.5 Å². The lowest BCUT2D eigenvalue weighted by Crippen LogP contribution is -2.12. The summed E-state index contributed by atoms with van der Waals surface area (Å²) in [5, 5.41) is 3.96. The van der Waals surface area contributed by atoms with E-state index < -0.39 is 0 Å². The third-order valence-corrected chi connectivity index (χ3v) is 4.71. The van der Waals surface area contributed by atoms with Crippen LogP contribution in [0.2, 0.25) is 0 Å². The number of fused-ring (bicyclic) bond motifs is 1. The summed E-state index contributed by atoms with van der Waals surface area (Å²) in [5.41, 5.74) is 3.96. The molecular weight excluding hydrogens is 364 g/mol. The highest BCUT2D eigenvalue weighted by Crippen LogP contribution is 2.30. The first-order valence-corrected chi connectivity index (χ1v) is 9.16. The van der Waals surface area contributed by atoms with Crippen LogP contribution in [0.25, 0.3) is 22.0 Å². The number of amides is 1. The lowest BCUT2D eigenvalue weighted by Gasteiger charge is -2.12. The summed E-state index contributed by atoms with van der Waals surface area (Å²) in [6, 6.07) is 22.8. The van der Waals surface area contributed by atoms with E-state index in [2.05, 4.69) is 16.4 Å². The minimum Gasteiger partial charge on any atom is -0.497 e. The molecule has 1 aromatic heterocycles. The Morgan fingerprint density at radius 1 is 0.862 bits per heavy atom. The minimum atomic E-state index is -0.218. The van der Waals surface area contributed by atoms with Crippen molar-refractivity contribution in [2.45, 2.75) is 0 Å². The van der Waals surface area contributed by atoms with E-state index in [0.717, 1.165) is 22.0 Å². The molecule has 0 atom stereocenters. The van der Waals surface area contributed by atoms with Gasteiger partial charge in [0.2, 0.25) is 0 Å². The van der Waals surface area contributed by atoms with Crippen molar-refractivity contribution in [1.82, 2.24) is 4.98 Å². The van der Waals surface area contributed by atoms with Crippen molar-refractivity contribution >= 4 is 22.5 Å². The fourth-order valence-electron chi connectivity index (χ4n) is 3.17. The number of para-hydroxylation sites is 1. The predicted octanol–water partition coefficient (Wildman–Crippen LogP) is 5.17. The molecule has 0 aliphatic rings. The Morgan fingerprint density at radius 3 is 2.55 bits per heavy atom. The number of ether oxygens (including phenoxy) is 2. The van der Waals surface area contributed by atoms with E-state index in [9.17, 15) is 4.79 Å².